The topological polar surface area (TPSA) is 41.6 Å². The van der Waals surface area contributed by atoms with Crippen molar-refractivity contribution < 1.29 is 9.53 Å². The van der Waals surface area contributed by atoms with Crippen molar-refractivity contribution in [2.75, 3.05) is 13.1 Å². The predicted octanol–water partition coefficient (Wildman–Crippen LogP) is 3.11. The van der Waals surface area contributed by atoms with Gasteiger partial charge in [-0.05, 0) is 50.9 Å². The molecule has 3 rings (SSSR count). The van der Waals surface area contributed by atoms with Crippen LogP contribution in [-0.2, 0) is 4.79 Å². The summed E-state index contributed by atoms with van der Waals surface area (Å²) in [4.78, 5) is 14.8. The summed E-state index contributed by atoms with van der Waals surface area (Å²) in [5, 5.41) is 4.37. The SMILES string of the molecule is CC(Oc1ccc(Cl)cc1Cl)C(=O)N1C2CCNCC1CC2. The molecule has 0 radical (unpaired) electrons. The van der Waals surface area contributed by atoms with Gasteiger partial charge in [-0.2, -0.15) is 0 Å². The largest absolute Gasteiger partial charge is 0.479 e. The zero-order chi connectivity index (χ0) is 15.7. The van der Waals surface area contributed by atoms with Crippen molar-refractivity contribution in [1.29, 1.82) is 0 Å². The van der Waals surface area contributed by atoms with E-state index in [0.717, 1.165) is 32.4 Å². The van der Waals surface area contributed by atoms with Crippen molar-refractivity contribution in [1.82, 2.24) is 10.2 Å². The zero-order valence-electron chi connectivity index (χ0n) is 12.5. The first-order valence-corrected chi connectivity index (χ1v) is 8.46. The molecule has 6 heteroatoms. The number of fused-ring (bicyclic) bond motifs is 2. The summed E-state index contributed by atoms with van der Waals surface area (Å²) in [6.45, 7) is 3.63. The Morgan fingerprint density at radius 1 is 1.32 bits per heavy atom. The summed E-state index contributed by atoms with van der Waals surface area (Å²) in [6, 6.07) is 5.65. The normalized spacial score (nSPS) is 25.7. The summed E-state index contributed by atoms with van der Waals surface area (Å²) in [5.41, 5.74) is 0. The van der Waals surface area contributed by atoms with E-state index in [1.54, 1.807) is 25.1 Å². The van der Waals surface area contributed by atoms with Crippen molar-refractivity contribution in [2.24, 2.45) is 0 Å². The zero-order valence-corrected chi connectivity index (χ0v) is 14.0. The van der Waals surface area contributed by atoms with E-state index in [2.05, 4.69) is 5.32 Å². The van der Waals surface area contributed by atoms with Gasteiger partial charge in [-0.15, -0.1) is 0 Å². The van der Waals surface area contributed by atoms with Gasteiger partial charge in [0.2, 0.25) is 0 Å². The van der Waals surface area contributed by atoms with Gasteiger partial charge in [0.1, 0.15) is 5.75 Å². The first-order valence-electron chi connectivity index (χ1n) is 7.71. The van der Waals surface area contributed by atoms with Gasteiger partial charge in [0.15, 0.2) is 6.10 Å². The highest BCUT2D eigenvalue weighted by atomic mass is 35.5. The van der Waals surface area contributed by atoms with Crippen molar-refractivity contribution in [3.63, 3.8) is 0 Å². The fraction of sp³-hybridized carbons (Fsp3) is 0.562. The number of carbonyl (C=O) groups excluding carboxylic acids is 1. The van der Waals surface area contributed by atoms with Gasteiger partial charge in [-0.3, -0.25) is 4.79 Å². The van der Waals surface area contributed by atoms with Crippen LogP contribution in [0.3, 0.4) is 0 Å². The van der Waals surface area contributed by atoms with Crippen LogP contribution in [0.1, 0.15) is 26.2 Å². The van der Waals surface area contributed by atoms with Crippen molar-refractivity contribution in [2.45, 2.75) is 44.4 Å². The molecular formula is C16H20Cl2N2O2. The van der Waals surface area contributed by atoms with E-state index in [1.165, 1.54) is 0 Å². The smallest absolute Gasteiger partial charge is 0.263 e. The second-order valence-electron chi connectivity index (χ2n) is 5.96. The van der Waals surface area contributed by atoms with Gasteiger partial charge in [0.25, 0.3) is 5.91 Å². The van der Waals surface area contributed by atoms with Gasteiger partial charge in [0, 0.05) is 23.7 Å². The molecule has 0 saturated carbocycles. The number of hydrogen-bond donors (Lipinski definition) is 1. The summed E-state index contributed by atoms with van der Waals surface area (Å²) < 4.78 is 5.78. The number of halogens is 2. The molecule has 2 aliphatic rings. The predicted molar refractivity (Wildman–Crippen MR) is 87.7 cm³/mol. The molecule has 2 bridgehead atoms. The van der Waals surface area contributed by atoms with Gasteiger partial charge < -0.3 is 15.0 Å². The van der Waals surface area contributed by atoms with Gasteiger partial charge >= 0.3 is 0 Å². The summed E-state index contributed by atoms with van der Waals surface area (Å²) >= 11 is 12.0. The fourth-order valence-corrected chi connectivity index (χ4v) is 3.82. The Morgan fingerprint density at radius 2 is 2.09 bits per heavy atom. The Balaban J connectivity index is 1.71. The lowest BCUT2D eigenvalue weighted by molar-refractivity contribution is -0.140. The molecule has 0 aliphatic carbocycles. The van der Waals surface area contributed by atoms with E-state index in [-0.39, 0.29) is 11.9 Å². The molecule has 0 aromatic heterocycles. The van der Waals surface area contributed by atoms with E-state index in [1.807, 2.05) is 4.90 Å². The third-order valence-electron chi connectivity index (χ3n) is 4.45. The van der Waals surface area contributed by atoms with Crippen molar-refractivity contribution in [3.8, 4) is 5.75 Å². The Bertz CT molecular complexity index is 553. The number of benzene rings is 1. The third-order valence-corrected chi connectivity index (χ3v) is 4.98. The molecule has 2 aliphatic heterocycles. The Morgan fingerprint density at radius 3 is 2.86 bits per heavy atom. The quantitative estimate of drug-likeness (QED) is 0.917. The average molecular weight is 343 g/mol. The molecule has 2 saturated heterocycles. The van der Waals surface area contributed by atoms with Crippen LogP contribution in [0, 0.1) is 0 Å². The highest BCUT2D eigenvalue weighted by Gasteiger charge is 2.40. The molecule has 1 aromatic rings. The average Bonchev–Trinajstić information content (AvgIpc) is 2.74. The monoisotopic (exact) mass is 342 g/mol. The maximum atomic E-state index is 12.8. The molecule has 0 spiro atoms. The van der Waals surface area contributed by atoms with Crippen LogP contribution >= 0.6 is 23.2 Å². The van der Waals surface area contributed by atoms with Crippen LogP contribution in [0.2, 0.25) is 10.0 Å². The minimum absolute atomic E-state index is 0.0437. The molecule has 1 amide bonds. The first-order chi connectivity index (χ1) is 10.6. The lowest BCUT2D eigenvalue weighted by Crippen LogP contribution is -2.48. The van der Waals surface area contributed by atoms with Gasteiger partial charge in [0.05, 0.1) is 5.02 Å². The lowest BCUT2D eigenvalue weighted by Gasteiger charge is -2.30. The van der Waals surface area contributed by atoms with Crippen LogP contribution in [-0.4, -0.2) is 42.1 Å². The second kappa shape index (κ2) is 6.65. The van der Waals surface area contributed by atoms with E-state index >= 15 is 0 Å². The molecule has 2 heterocycles. The summed E-state index contributed by atoms with van der Waals surface area (Å²) in [6.07, 6.45) is 2.61. The first kappa shape index (κ1) is 15.9. The van der Waals surface area contributed by atoms with E-state index < -0.39 is 6.10 Å². The summed E-state index contributed by atoms with van der Waals surface area (Å²) in [7, 11) is 0. The van der Waals surface area contributed by atoms with Crippen LogP contribution in [0.5, 0.6) is 5.75 Å². The van der Waals surface area contributed by atoms with Crippen LogP contribution in [0.25, 0.3) is 0 Å². The summed E-state index contributed by atoms with van der Waals surface area (Å²) in [5.74, 6) is 0.537. The molecule has 1 N–H and O–H groups in total. The number of rotatable bonds is 3. The highest BCUT2D eigenvalue weighted by Crippen LogP contribution is 2.31. The third kappa shape index (κ3) is 3.19. The Kier molecular flexibility index (Phi) is 4.81. The number of nitrogens with one attached hydrogen (secondary N) is 1. The van der Waals surface area contributed by atoms with E-state index in [4.69, 9.17) is 27.9 Å². The highest BCUT2D eigenvalue weighted by molar-refractivity contribution is 6.35. The van der Waals surface area contributed by atoms with Crippen molar-refractivity contribution in [3.05, 3.63) is 28.2 Å². The van der Waals surface area contributed by atoms with Gasteiger partial charge in [-0.25, -0.2) is 0 Å². The number of nitrogens with zero attached hydrogens (tertiary/aromatic N) is 1. The number of ether oxygens (including phenoxy) is 1. The minimum atomic E-state index is -0.556. The number of carbonyl (C=O) groups is 1. The van der Waals surface area contributed by atoms with Crippen LogP contribution < -0.4 is 10.1 Å². The molecule has 3 unspecified atom stereocenters. The maximum absolute atomic E-state index is 12.8. The van der Waals surface area contributed by atoms with Crippen molar-refractivity contribution >= 4 is 29.1 Å². The lowest BCUT2D eigenvalue weighted by atomic mass is 10.1. The number of amides is 1. The van der Waals surface area contributed by atoms with Gasteiger partial charge in [-0.1, -0.05) is 23.2 Å². The molecule has 22 heavy (non-hydrogen) atoms. The molecular weight excluding hydrogens is 323 g/mol. The Hall–Kier alpha value is -0.970. The molecule has 1 aromatic carbocycles. The van der Waals surface area contributed by atoms with E-state index in [9.17, 15) is 4.79 Å². The Labute approximate surface area is 140 Å². The molecule has 4 nitrogen and oxygen atoms in total. The maximum Gasteiger partial charge on any atom is 0.263 e. The second-order valence-corrected chi connectivity index (χ2v) is 6.80. The minimum Gasteiger partial charge on any atom is -0.479 e. The molecule has 3 atom stereocenters. The van der Waals surface area contributed by atoms with Crippen LogP contribution in [0.4, 0.5) is 0 Å². The molecule has 120 valence electrons. The van der Waals surface area contributed by atoms with E-state index in [0.29, 0.717) is 21.8 Å². The van der Waals surface area contributed by atoms with Crippen LogP contribution in [0.15, 0.2) is 18.2 Å². The molecule has 2 fully saturated rings. The standard InChI is InChI=1S/C16H20Cl2N2O2/c1-10(22-15-5-2-11(17)8-14(15)18)16(21)20-12-3-4-13(20)9-19-7-6-12/h2,5,8,10,12-13,19H,3-4,6-7,9H2,1H3. The fourth-order valence-electron chi connectivity index (χ4n) is 3.36. The number of hydrogen-bond acceptors (Lipinski definition) is 3.